The molecule has 1 amide bonds. The quantitative estimate of drug-likeness (QED) is 0.643. The van der Waals surface area contributed by atoms with Gasteiger partial charge < -0.3 is 20.7 Å². The van der Waals surface area contributed by atoms with Crippen molar-refractivity contribution in [3.05, 3.63) is 0 Å². The van der Waals surface area contributed by atoms with E-state index in [0.717, 1.165) is 0 Å². The van der Waals surface area contributed by atoms with Gasteiger partial charge in [-0.2, -0.15) is 15.0 Å². The van der Waals surface area contributed by atoms with Crippen LogP contribution in [0.3, 0.4) is 0 Å². The smallest absolute Gasteiger partial charge is 0.322 e. The highest BCUT2D eigenvalue weighted by Crippen LogP contribution is 2.10. The van der Waals surface area contributed by atoms with E-state index in [2.05, 4.69) is 30.9 Å². The van der Waals surface area contributed by atoms with E-state index in [-0.39, 0.29) is 18.0 Å². The summed E-state index contributed by atoms with van der Waals surface area (Å²) in [5.41, 5.74) is 0. The minimum Gasteiger partial charge on any atom is -0.467 e. The lowest BCUT2D eigenvalue weighted by molar-refractivity contribution is -0.121. The molecule has 0 aliphatic rings. The van der Waals surface area contributed by atoms with Gasteiger partial charge in [-0.15, -0.1) is 0 Å². The third-order valence-corrected chi connectivity index (χ3v) is 2.22. The summed E-state index contributed by atoms with van der Waals surface area (Å²) in [5, 5.41) is 8.78. The molecule has 0 atom stereocenters. The minimum atomic E-state index is -0.0135. The maximum absolute atomic E-state index is 11.5. The number of nitrogens with zero attached hydrogens (tertiary/aromatic N) is 3. The van der Waals surface area contributed by atoms with Crippen LogP contribution in [0.15, 0.2) is 0 Å². The second kappa shape index (κ2) is 8.13. The Morgan fingerprint density at radius 1 is 1.20 bits per heavy atom. The molecule has 0 aliphatic heterocycles. The van der Waals surface area contributed by atoms with Crippen molar-refractivity contribution in [2.45, 2.75) is 33.2 Å². The average molecular weight is 282 g/mol. The molecule has 1 aromatic heterocycles. The number of ether oxygens (including phenoxy) is 1. The fraction of sp³-hybridized carbons (Fsp3) is 0.667. The molecular weight excluding hydrogens is 260 g/mol. The van der Waals surface area contributed by atoms with Crippen molar-refractivity contribution in [2.24, 2.45) is 0 Å². The van der Waals surface area contributed by atoms with Crippen LogP contribution in [-0.2, 0) is 4.79 Å². The van der Waals surface area contributed by atoms with Crippen LogP contribution in [-0.4, -0.2) is 47.1 Å². The number of hydrogen-bond donors (Lipinski definition) is 3. The zero-order valence-electron chi connectivity index (χ0n) is 12.4. The molecule has 0 aromatic carbocycles. The molecular formula is C12H22N6O2. The summed E-state index contributed by atoms with van der Waals surface area (Å²) in [6.07, 6.45) is 0.350. The van der Waals surface area contributed by atoms with E-state index in [0.29, 0.717) is 31.4 Å². The lowest BCUT2D eigenvalue weighted by Crippen LogP contribution is -2.31. The zero-order chi connectivity index (χ0) is 15.0. The molecule has 20 heavy (non-hydrogen) atoms. The second-order valence-corrected chi connectivity index (χ2v) is 4.40. The number of methoxy groups -OCH3 is 1. The fourth-order valence-corrected chi connectivity index (χ4v) is 1.45. The highest BCUT2D eigenvalue weighted by molar-refractivity contribution is 5.76. The Morgan fingerprint density at radius 3 is 2.40 bits per heavy atom. The third-order valence-electron chi connectivity index (χ3n) is 2.22. The van der Waals surface area contributed by atoms with E-state index in [4.69, 9.17) is 4.74 Å². The summed E-state index contributed by atoms with van der Waals surface area (Å²) in [4.78, 5) is 23.8. The van der Waals surface area contributed by atoms with Crippen molar-refractivity contribution >= 4 is 17.8 Å². The normalized spacial score (nSPS) is 10.2. The van der Waals surface area contributed by atoms with Gasteiger partial charge in [-0.1, -0.05) is 0 Å². The Bertz CT molecular complexity index is 438. The first-order chi connectivity index (χ1) is 9.55. The van der Waals surface area contributed by atoms with E-state index < -0.39 is 0 Å². The van der Waals surface area contributed by atoms with E-state index in [1.165, 1.54) is 7.11 Å². The second-order valence-electron chi connectivity index (χ2n) is 4.40. The van der Waals surface area contributed by atoms with Gasteiger partial charge in [0.15, 0.2) is 0 Å². The molecule has 1 rings (SSSR count). The largest absolute Gasteiger partial charge is 0.467 e. The van der Waals surface area contributed by atoms with Crippen molar-refractivity contribution in [2.75, 3.05) is 30.8 Å². The number of carbonyl (C=O) groups excluding carboxylic acids is 1. The first-order valence-corrected chi connectivity index (χ1v) is 6.62. The van der Waals surface area contributed by atoms with Gasteiger partial charge in [-0.25, -0.2) is 0 Å². The number of hydrogen-bond acceptors (Lipinski definition) is 7. The highest BCUT2D eigenvalue weighted by atomic mass is 16.5. The zero-order valence-corrected chi connectivity index (χ0v) is 12.4. The molecule has 0 bridgehead atoms. The molecule has 8 heteroatoms. The van der Waals surface area contributed by atoms with Gasteiger partial charge in [-0.05, 0) is 20.8 Å². The van der Waals surface area contributed by atoms with Gasteiger partial charge in [0.2, 0.25) is 17.8 Å². The van der Waals surface area contributed by atoms with Gasteiger partial charge in [0.05, 0.1) is 7.11 Å². The van der Waals surface area contributed by atoms with Crippen LogP contribution in [0.1, 0.15) is 27.2 Å². The Hall–Kier alpha value is -2.12. The Balaban J connectivity index is 2.54. The van der Waals surface area contributed by atoms with Crippen molar-refractivity contribution in [1.82, 2.24) is 20.3 Å². The SMILES string of the molecule is CCNc1nc(NCCC(=O)NC(C)C)nc(OC)n1. The van der Waals surface area contributed by atoms with Crippen molar-refractivity contribution < 1.29 is 9.53 Å². The van der Waals surface area contributed by atoms with Crippen LogP contribution in [0.25, 0.3) is 0 Å². The van der Waals surface area contributed by atoms with E-state index in [1.807, 2.05) is 20.8 Å². The number of rotatable bonds is 8. The van der Waals surface area contributed by atoms with Crippen LogP contribution < -0.4 is 20.7 Å². The molecule has 0 saturated carbocycles. The van der Waals surface area contributed by atoms with Crippen molar-refractivity contribution in [3.63, 3.8) is 0 Å². The van der Waals surface area contributed by atoms with Crippen molar-refractivity contribution in [3.8, 4) is 6.01 Å². The summed E-state index contributed by atoms with van der Waals surface area (Å²) >= 11 is 0. The van der Waals surface area contributed by atoms with Gasteiger partial charge in [-0.3, -0.25) is 4.79 Å². The lowest BCUT2D eigenvalue weighted by atomic mass is 10.3. The van der Waals surface area contributed by atoms with Crippen LogP contribution in [0, 0.1) is 0 Å². The van der Waals surface area contributed by atoms with E-state index in [9.17, 15) is 4.79 Å². The average Bonchev–Trinajstić information content (AvgIpc) is 2.38. The van der Waals surface area contributed by atoms with Gasteiger partial charge in [0.25, 0.3) is 0 Å². The summed E-state index contributed by atoms with van der Waals surface area (Å²) in [5.74, 6) is 0.805. The van der Waals surface area contributed by atoms with Crippen LogP contribution in [0.2, 0.25) is 0 Å². The topological polar surface area (TPSA) is 101 Å². The van der Waals surface area contributed by atoms with Gasteiger partial charge >= 0.3 is 6.01 Å². The molecule has 0 fully saturated rings. The monoisotopic (exact) mass is 282 g/mol. The first-order valence-electron chi connectivity index (χ1n) is 6.62. The summed E-state index contributed by atoms with van der Waals surface area (Å²) in [6.45, 7) is 6.93. The van der Waals surface area contributed by atoms with Crippen LogP contribution >= 0.6 is 0 Å². The number of amides is 1. The number of anilines is 2. The standard InChI is InChI=1S/C12H22N6O2/c1-5-13-10-16-11(18-12(17-10)20-4)14-7-6-9(19)15-8(2)3/h8H,5-7H2,1-4H3,(H,15,19)(H2,13,14,16,17,18). The van der Waals surface area contributed by atoms with Gasteiger partial charge in [0.1, 0.15) is 0 Å². The van der Waals surface area contributed by atoms with Crippen molar-refractivity contribution in [1.29, 1.82) is 0 Å². The Kier molecular flexibility index (Phi) is 6.48. The maximum Gasteiger partial charge on any atom is 0.322 e. The maximum atomic E-state index is 11.5. The molecule has 0 saturated heterocycles. The predicted octanol–water partition coefficient (Wildman–Crippen LogP) is 0.639. The predicted molar refractivity (Wildman–Crippen MR) is 76.9 cm³/mol. The molecule has 0 aliphatic carbocycles. The molecule has 0 radical (unpaired) electrons. The number of carbonyl (C=O) groups is 1. The van der Waals surface area contributed by atoms with E-state index in [1.54, 1.807) is 0 Å². The van der Waals surface area contributed by atoms with Crippen LogP contribution in [0.5, 0.6) is 6.01 Å². The third kappa shape index (κ3) is 5.68. The number of aromatic nitrogens is 3. The molecule has 3 N–H and O–H groups in total. The lowest BCUT2D eigenvalue weighted by Gasteiger charge is -2.10. The molecule has 1 heterocycles. The van der Waals surface area contributed by atoms with Crippen LogP contribution in [0.4, 0.5) is 11.9 Å². The summed E-state index contributed by atoms with van der Waals surface area (Å²) < 4.78 is 5.00. The molecule has 0 unspecified atom stereocenters. The fourth-order valence-electron chi connectivity index (χ4n) is 1.45. The Labute approximate surface area is 118 Å². The minimum absolute atomic E-state index is 0.0135. The number of nitrogens with one attached hydrogen (secondary N) is 3. The Morgan fingerprint density at radius 2 is 1.85 bits per heavy atom. The summed E-state index contributed by atoms with van der Waals surface area (Å²) in [7, 11) is 1.49. The first kappa shape index (κ1) is 15.9. The van der Waals surface area contributed by atoms with Gasteiger partial charge in [0, 0.05) is 25.6 Å². The highest BCUT2D eigenvalue weighted by Gasteiger charge is 2.07. The molecule has 0 spiro atoms. The molecule has 112 valence electrons. The van der Waals surface area contributed by atoms with E-state index >= 15 is 0 Å². The summed E-state index contributed by atoms with van der Waals surface area (Å²) in [6, 6.07) is 0.366. The molecule has 1 aromatic rings. The molecule has 8 nitrogen and oxygen atoms in total.